The molecule has 0 aliphatic carbocycles. The van der Waals surface area contributed by atoms with Gasteiger partial charge in [0.2, 0.25) is 12.3 Å². The van der Waals surface area contributed by atoms with Crippen molar-refractivity contribution in [2.45, 2.75) is 25.4 Å². The van der Waals surface area contributed by atoms with Gasteiger partial charge in [0, 0.05) is 36.2 Å². The van der Waals surface area contributed by atoms with Crippen molar-refractivity contribution in [3.8, 4) is 0 Å². The molecule has 1 aliphatic heterocycles. The maximum atomic E-state index is 14.1. The van der Waals surface area contributed by atoms with Gasteiger partial charge >= 0.3 is 12.1 Å². The Morgan fingerprint density at radius 2 is 1.89 bits per heavy atom. The SMILES string of the molecule is NC(=O)n1cc(NC(=O)N2C[C@@H](C(F)F)C[C@H]2C(=O)NCc2cccc(Cl)c2F)c2ccccc21. The number of fused-ring (bicyclic) bond motifs is 1. The molecule has 2 aromatic carbocycles. The molecular weight excluding hydrogens is 487 g/mol. The average molecular weight is 508 g/mol. The molecule has 1 aromatic heterocycles. The van der Waals surface area contributed by atoms with E-state index in [1.807, 2.05) is 0 Å². The molecule has 1 saturated heterocycles. The Labute approximate surface area is 202 Å². The molecule has 1 aliphatic rings. The van der Waals surface area contributed by atoms with Crippen LogP contribution in [0.15, 0.2) is 48.7 Å². The highest BCUT2D eigenvalue weighted by molar-refractivity contribution is 6.30. The summed E-state index contributed by atoms with van der Waals surface area (Å²) in [5, 5.41) is 5.47. The van der Waals surface area contributed by atoms with Crippen molar-refractivity contribution < 1.29 is 27.6 Å². The van der Waals surface area contributed by atoms with Gasteiger partial charge < -0.3 is 21.3 Å². The highest BCUT2D eigenvalue weighted by Crippen LogP contribution is 2.31. The molecule has 0 saturated carbocycles. The summed E-state index contributed by atoms with van der Waals surface area (Å²) in [6.07, 6.45) is -1.69. The van der Waals surface area contributed by atoms with Gasteiger partial charge in [0.1, 0.15) is 11.9 Å². The Bertz CT molecular complexity index is 1300. The molecule has 4 amide bonds. The highest BCUT2D eigenvalue weighted by atomic mass is 35.5. The smallest absolute Gasteiger partial charge is 0.323 e. The van der Waals surface area contributed by atoms with Gasteiger partial charge in [-0.2, -0.15) is 0 Å². The molecule has 1 fully saturated rings. The summed E-state index contributed by atoms with van der Waals surface area (Å²) >= 11 is 5.75. The van der Waals surface area contributed by atoms with Gasteiger partial charge in [-0.05, 0) is 18.6 Å². The number of anilines is 1. The fraction of sp³-hybridized carbons (Fsp3) is 0.261. The zero-order chi connectivity index (χ0) is 25.3. The number of nitrogens with two attached hydrogens (primary N) is 1. The number of rotatable bonds is 5. The molecule has 184 valence electrons. The van der Waals surface area contributed by atoms with Gasteiger partial charge in [-0.1, -0.05) is 41.9 Å². The Hall–Kier alpha value is -3.73. The Kier molecular flexibility index (Phi) is 6.88. The second-order valence-corrected chi connectivity index (χ2v) is 8.53. The van der Waals surface area contributed by atoms with Crippen LogP contribution in [0.25, 0.3) is 10.9 Å². The summed E-state index contributed by atoms with van der Waals surface area (Å²) in [7, 11) is 0. The number of halogens is 4. The number of benzene rings is 2. The third-order valence-electron chi connectivity index (χ3n) is 5.93. The largest absolute Gasteiger partial charge is 0.351 e. The van der Waals surface area contributed by atoms with Gasteiger partial charge in [-0.3, -0.25) is 9.36 Å². The fourth-order valence-corrected chi connectivity index (χ4v) is 4.35. The number of aromatic nitrogens is 1. The van der Waals surface area contributed by atoms with Crippen molar-refractivity contribution in [1.82, 2.24) is 14.8 Å². The molecule has 4 rings (SSSR count). The van der Waals surface area contributed by atoms with E-state index in [0.29, 0.717) is 10.9 Å². The molecular formula is C23H21ClF3N5O3. The predicted octanol–water partition coefficient (Wildman–Crippen LogP) is 4.16. The minimum absolute atomic E-state index is 0.115. The van der Waals surface area contributed by atoms with E-state index in [1.165, 1.54) is 24.4 Å². The lowest BCUT2D eigenvalue weighted by Gasteiger charge is -2.24. The van der Waals surface area contributed by atoms with Gasteiger partial charge in [-0.15, -0.1) is 0 Å². The molecule has 2 heterocycles. The first-order chi connectivity index (χ1) is 16.7. The number of primary amides is 1. The van der Waals surface area contributed by atoms with Crippen LogP contribution < -0.4 is 16.4 Å². The summed E-state index contributed by atoms with van der Waals surface area (Å²) < 4.78 is 42.2. The van der Waals surface area contributed by atoms with Crippen molar-refractivity contribution >= 4 is 46.2 Å². The first-order valence-corrected chi connectivity index (χ1v) is 11.0. The number of likely N-dealkylation sites (tertiary alicyclic amines) is 1. The summed E-state index contributed by atoms with van der Waals surface area (Å²) in [5.74, 6) is -2.62. The highest BCUT2D eigenvalue weighted by Gasteiger charge is 2.43. The molecule has 4 N–H and O–H groups in total. The minimum atomic E-state index is -2.75. The van der Waals surface area contributed by atoms with Crippen molar-refractivity contribution in [3.05, 3.63) is 65.1 Å². The molecule has 35 heavy (non-hydrogen) atoms. The van der Waals surface area contributed by atoms with Gasteiger partial charge in [0.05, 0.1) is 16.2 Å². The van der Waals surface area contributed by atoms with E-state index < -0.39 is 42.2 Å². The van der Waals surface area contributed by atoms with Gasteiger partial charge in [-0.25, -0.2) is 22.8 Å². The number of carbonyl (C=O) groups excluding carboxylic acids is 3. The van der Waals surface area contributed by atoms with Crippen LogP contribution in [-0.4, -0.2) is 46.4 Å². The number of carbonyl (C=O) groups is 3. The lowest BCUT2D eigenvalue weighted by molar-refractivity contribution is -0.124. The van der Waals surface area contributed by atoms with Crippen molar-refractivity contribution in [1.29, 1.82) is 0 Å². The third kappa shape index (κ3) is 4.90. The van der Waals surface area contributed by atoms with E-state index in [2.05, 4.69) is 10.6 Å². The topological polar surface area (TPSA) is 109 Å². The molecule has 12 heteroatoms. The van der Waals surface area contributed by atoms with E-state index in [9.17, 15) is 27.6 Å². The Balaban J connectivity index is 1.54. The number of urea groups is 1. The van der Waals surface area contributed by atoms with Crippen molar-refractivity contribution in [3.63, 3.8) is 0 Å². The second kappa shape index (κ2) is 9.87. The predicted molar refractivity (Wildman–Crippen MR) is 124 cm³/mol. The van der Waals surface area contributed by atoms with E-state index in [1.54, 1.807) is 24.3 Å². The number of para-hydroxylation sites is 1. The van der Waals surface area contributed by atoms with E-state index in [-0.39, 0.29) is 35.8 Å². The standard InChI is InChI=1S/C23H21ClF3N5O3/c24-15-6-3-4-12(19(15)25)9-29-21(33)18-8-13(20(26)27)10-32(18)23(35)30-16-11-31(22(28)34)17-7-2-1-5-14(16)17/h1-7,11,13,18,20H,8-10H2,(H2,28,34)(H,29,33)(H,30,35)/t13-,18-/m0/s1. The van der Waals surface area contributed by atoms with Crippen LogP contribution in [0.3, 0.4) is 0 Å². The van der Waals surface area contributed by atoms with Crippen LogP contribution in [0.2, 0.25) is 5.02 Å². The number of alkyl halides is 2. The molecule has 0 radical (unpaired) electrons. The summed E-state index contributed by atoms with van der Waals surface area (Å²) in [6.45, 7) is -0.593. The van der Waals surface area contributed by atoms with Crippen molar-refractivity contribution in [2.75, 3.05) is 11.9 Å². The zero-order valence-corrected chi connectivity index (χ0v) is 18.9. The number of hydrogen-bond acceptors (Lipinski definition) is 3. The average Bonchev–Trinajstić information content (AvgIpc) is 3.43. The maximum Gasteiger partial charge on any atom is 0.323 e. The first kappa shape index (κ1) is 24.4. The van der Waals surface area contributed by atoms with Crippen LogP contribution in [0.5, 0.6) is 0 Å². The van der Waals surface area contributed by atoms with E-state index >= 15 is 0 Å². The normalized spacial score (nSPS) is 17.7. The Morgan fingerprint density at radius 1 is 1.14 bits per heavy atom. The fourth-order valence-electron chi connectivity index (χ4n) is 4.16. The quantitative estimate of drug-likeness (QED) is 0.482. The molecule has 0 spiro atoms. The summed E-state index contributed by atoms with van der Waals surface area (Å²) in [4.78, 5) is 38.7. The molecule has 0 unspecified atom stereocenters. The maximum absolute atomic E-state index is 14.1. The second-order valence-electron chi connectivity index (χ2n) is 8.13. The minimum Gasteiger partial charge on any atom is -0.351 e. The number of nitrogens with one attached hydrogen (secondary N) is 2. The molecule has 0 bridgehead atoms. The summed E-state index contributed by atoms with van der Waals surface area (Å²) in [5.41, 5.74) is 6.18. The lowest BCUT2D eigenvalue weighted by Crippen LogP contribution is -2.47. The number of amides is 4. The van der Waals surface area contributed by atoms with Gasteiger partial charge in [0.15, 0.2) is 0 Å². The van der Waals surface area contributed by atoms with E-state index in [0.717, 1.165) is 9.47 Å². The number of hydrogen-bond donors (Lipinski definition) is 3. The Morgan fingerprint density at radius 3 is 2.60 bits per heavy atom. The van der Waals surface area contributed by atoms with Crippen LogP contribution in [0, 0.1) is 11.7 Å². The first-order valence-electron chi connectivity index (χ1n) is 10.6. The molecule has 8 nitrogen and oxygen atoms in total. The van der Waals surface area contributed by atoms with E-state index in [4.69, 9.17) is 17.3 Å². The van der Waals surface area contributed by atoms with Crippen molar-refractivity contribution in [2.24, 2.45) is 11.7 Å². The zero-order valence-electron chi connectivity index (χ0n) is 18.2. The van der Waals surface area contributed by atoms with Crippen LogP contribution in [0.4, 0.5) is 28.4 Å². The van der Waals surface area contributed by atoms with Crippen LogP contribution in [0.1, 0.15) is 12.0 Å². The monoisotopic (exact) mass is 507 g/mol. The molecule has 2 atom stereocenters. The van der Waals surface area contributed by atoms with Crippen LogP contribution >= 0.6 is 11.6 Å². The number of nitrogens with zero attached hydrogens (tertiary/aromatic N) is 2. The molecule has 3 aromatic rings. The van der Waals surface area contributed by atoms with Crippen LogP contribution in [-0.2, 0) is 11.3 Å². The lowest BCUT2D eigenvalue weighted by atomic mass is 10.1. The summed E-state index contributed by atoms with van der Waals surface area (Å²) in [6, 6.07) is 8.18. The third-order valence-corrected chi connectivity index (χ3v) is 6.22. The van der Waals surface area contributed by atoms with Gasteiger partial charge in [0.25, 0.3) is 0 Å².